The Balaban J connectivity index is 1.41. The second kappa shape index (κ2) is 11.1. The first-order chi connectivity index (χ1) is 19.9. The summed E-state index contributed by atoms with van der Waals surface area (Å²) in [6.45, 7) is 3.37. The number of nitrogens with one attached hydrogen (secondary N) is 2. The molecule has 3 N–H and O–H groups in total. The van der Waals surface area contributed by atoms with Gasteiger partial charge in [0.1, 0.15) is 11.7 Å². The third-order valence-electron chi connectivity index (χ3n) is 8.87. The summed E-state index contributed by atoms with van der Waals surface area (Å²) in [5.74, 6) is -3.16. The molecule has 1 aromatic carbocycles. The predicted molar refractivity (Wildman–Crippen MR) is 153 cm³/mol. The first-order valence-corrected chi connectivity index (χ1v) is 14.3. The van der Waals surface area contributed by atoms with Crippen LogP contribution in [0.1, 0.15) is 37.7 Å². The smallest absolute Gasteiger partial charge is 0.599 e. The average Bonchev–Trinajstić information content (AvgIpc) is 3.30. The number of hydrogen-bond acceptors (Lipinski definition) is 9. The fourth-order valence-electron chi connectivity index (χ4n) is 6.70. The van der Waals surface area contributed by atoms with Gasteiger partial charge < -0.3 is 29.4 Å². The van der Waals surface area contributed by atoms with Gasteiger partial charge in [-0.25, -0.2) is 14.6 Å². The highest BCUT2D eigenvalue weighted by molar-refractivity contribution is 6.68. The van der Waals surface area contributed by atoms with Crippen molar-refractivity contribution in [2.75, 3.05) is 27.2 Å². The lowest BCUT2D eigenvalue weighted by molar-refractivity contribution is -0.849. The number of nitrogens with zero attached hydrogens (tertiary/aromatic N) is 3. The molecular weight excluding hydrogens is 541 g/mol. The molecular formula is C29H38BN5O7. The molecule has 13 heteroatoms. The van der Waals surface area contributed by atoms with Crippen LogP contribution >= 0.6 is 0 Å². The molecule has 0 radical (unpaired) electrons. The van der Waals surface area contributed by atoms with Gasteiger partial charge in [0.05, 0.1) is 30.8 Å². The second-order valence-corrected chi connectivity index (χ2v) is 12.3. The fraction of sp³-hybridized carbons (Fsp3) is 0.483. The van der Waals surface area contributed by atoms with Crippen molar-refractivity contribution in [2.45, 2.75) is 57.4 Å². The Labute approximate surface area is 245 Å². The topological polar surface area (TPSA) is 147 Å². The van der Waals surface area contributed by atoms with Crippen molar-refractivity contribution in [3.8, 4) is 11.3 Å². The van der Waals surface area contributed by atoms with Crippen LogP contribution < -0.4 is 10.6 Å². The number of benzene rings is 1. The number of carbonyl (C=O) groups is 4. The quantitative estimate of drug-likeness (QED) is 0.361. The monoisotopic (exact) mass is 579 g/mol. The molecule has 4 heterocycles. The lowest BCUT2D eigenvalue weighted by Gasteiger charge is -2.53. The van der Waals surface area contributed by atoms with Gasteiger partial charge in [-0.3, -0.25) is 14.5 Å². The predicted octanol–water partition coefficient (Wildman–Crippen LogP) is 0.480. The fourth-order valence-corrected chi connectivity index (χ4v) is 6.70. The van der Waals surface area contributed by atoms with E-state index in [0.717, 1.165) is 5.56 Å². The van der Waals surface area contributed by atoms with Gasteiger partial charge in [0.25, 0.3) is 5.91 Å². The molecule has 5 rings (SSSR count). The van der Waals surface area contributed by atoms with E-state index >= 15 is 0 Å². The van der Waals surface area contributed by atoms with Crippen LogP contribution in [0.25, 0.3) is 11.3 Å². The molecule has 0 spiro atoms. The van der Waals surface area contributed by atoms with E-state index in [-0.39, 0.29) is 16.0 Å². The number of carbonyl (C=O) groups excluding carboxylic acids is 4. The van der Waals surface area contributed by atoms with E-state index < -0.39 is 60.6 Å². The Bertz CT molecular complexity index is 1360. The molecule has 2 amide bonds. The van der Waals surface area contributed by atoms with Crippen LogP contribution in [0.4, 0.5) is 0 Å². The number of pyridine rings is 1. The van der Waals surface area contributed by atoms with E-state index in [1.165, 1.54) is 13.0 Å². The van der Waals surface area contributed by atoms with E-state index in [4.69, 9.17) is 9.31 Å². The Morgan fingerprint density at radius 1 is 1.02 bits per heavy atom. The minimum Gasteiger partial charge on any atom is -0.599 e. The number of piperazine rings is 1. The van der Waals surface area contributed by atoms with Gasteiger partial charge >= 0.3 is 18.6 Å². The van der Waals surface area contributed by atoms with Gasteiger partial charge in [0.15, 0.2) is 12.1 Å². The molecule has 3 aliphatic rings. The van der Waals surface area contributed by atoms with Crippen molar-refractivity contribution >= 4 is 30.4 Å². The Hall–Kier alpha value is -3.81. The summed E-state index contributed by atoms with van der Waals surface area (Å²) in [6.07, 6.45) is -0.946. The summed E-state index contributed by atoms with van der Waals surface area (Å²) in [7, 11) is 3.63. The minimum atomic E-state index is -2.68. The Morgan fingerprint density at radius 3 is 2.21 bits per heavy atom. The zero-order valence-corrected chi connectivity index (χ0v) is 24.5. The molecule has 1 aromatic heterocycles. The molecule has 3 saturated heterocycles. The summed E-state index contributed by atoms with van der Waals surface area (Å²) >= 11 is 0. The van der Waals surface area contributed by atoms with Gasteiger partial charge in [-0.2, -0.15) is 0 Å². The van der Waals surface area contributed by atoms with Gasteiger partial charge in [0.2, 0.25) is 5.91 Å². The lowest BCUT2D eigenvalue weighted by Crippen LogP contribution is -2.78. The number of aliphatic hydroxyl groups is 1. The van der Waals surface area contributed by atoms with E-state index in [1.807, 2.05) is 56.1 Å². The van der Waals surface area contributed by atoms with Crippen molar-refractivity contribution in [2.24, 2.45) is 5.92 Å². The maximum atomic E-state index is 13.7. The van der Waals surface area contributed by atoms with E-state index in [9.17, 15) is 24.3 Å². The average molecular weight is 579 g/mol. The molecule has 2 aromatic rings. The van der Waals surface area contributed by atoms with Crippen molar-refractivity contribution in [3.05, 3.63) is 54.2 Å². The van der Waals surface area contributed by atoms with Crippen LogP contribution in [-0.4, -0.2) is 107 Å². The van der Waals surface area contributed by atoms with E-state index in [0.29, 0.717) is 25.2 Å². The molecule has 3 fully saturated rings. The van der Waals surface area contributed by atoms with E-state index in [2.05, 4.69) is 15.6 Å². The molecule has 7 atom stereocenters. The summed E-state index contributed by atoms with van der Waals surface area (Å²) in [6, 6.07) is 11.7. The summed E-state index contributed by atoms with van der Waals surface area (Å²) in [5, 5.41) is 16.1. The molecule has 3 aliphatic heterocycles. The number of quaternary nitrogens is 1. The molecule has 0 aliphatic carbocycles. The Kier molecular flexibility index (Phi) is 7.86. The summed E-state index contributed by atoms with van der Waals surface area (Å²) in [5.41, 5.74) is 1.48. The number of rotatable bonds is 9. The normalized spacial score (nSPS) is 28.8. The first-order valence-electron chi connectivity index (χ1n) is 14.3. The maximum Gasteiger partial charge on any atom is 0.606 e. The third kappa shape index (κ3) is 4.95. The van der Waals surface area contributed by atoms with Crippen LogP contribution in [0.2, 0.25) is 0 Å². The molecule has 42 heavy (non-hydrogen) atoms. The summed E-state index contributed by atoms with van der Waals surface area (Å²) < 4.78 is 11.9. The number of likely N-dealkylation sites (N-methyl/N-ethyl adjacent to an activating group) is 2. The van der Waals surface area contributed by atoms with Gasteiger partial charge in [0, 0.05) is 12.6 Å². The van der Waals surface area contributed by atoms with Gasteiger partial charge in [-0.1, -0.05) is 50.2 Å². The van der Waals surface area contributed by atoms with Crippen LogP contribution in [0.5, 0.6) is 0 Å². The molecule has 0 bridgehead atoms. The largest absolute Gasteiger partial charge is 0.606 e. The standard InChI is InChI=1S/C29H38BN5O7/c1-17(2)14-24(30-35(5)22(28(39)41-30)15-34(4)16-23(35)29(40)42-30)32-27(38)25(18(3)36)33-26(37)21-13-9-12-20(31-21)19-10-7-6-8-11-19/h6-13,17-18,22-25,36H,14-16H2,1-5H3,(H,32,38)(H,33,37)/t18-,22-,23+,24+,25+,30?,35?/m1/s1. The molecule has 12 nitrogen and oxygen atoms in total. The highest BCUT2D eigenvalue weighted by atomic mass is 16.7. The van der Waals surface area contributed by atoms with Crippen molar-refractivity contribution in [1.82, 2.24) is 20.5 Å². The minimum absolute atomic E-state index is 0.0191. The zero-order chi connectivity index (χ0) is 30.4. The SMILES string of the molecule is CC(C)C[C@H](NC(=O)[C@@H](NC(=O)c1cccc(-c2ccccc2)n1)[C@@H](C)O)[B-]12OC(=O)[C@H]3CN(C)C[C@@H](C(=O)O1)[N+]32C. The Morgan fingerprint density at radius 2 is 1.64 bits per heavy atom. The third-order valence-corrected chi connectivity index (χ3v) is 8.87. The van der Waals surface area contributed by atoms with E-state index in [1.54, 1.807) is 19.2 Å². The van der Waals surface area contributed by atoms with Crippen molar-refractivity contribution in [3.63, 3.8) is 0 Å². The second-order valence-electron chi connectivity index (χ2n) is 12.3. The van der Waals surface area contributed by atoms with Crippen LogP contribution in [-0.2, 0) is 23.7 Å². The zero-order valence-electron chi connectivity index (χ0n) is 24.5. The van der Waals surface area contributed by atoms with Crippen LogP contribution in [0.3, 0.4) is 0 Å². The number of aliphatic hydroxyl groups excluding tert-OH is 1. The van der Waals surface area contributed by atoms with Crippen molar-refractivity contribution < 1.29 is 38.0 Å². The maximum absolute atomic E-state index is 13.7. The first kappa shape index (κ1) is 29.7. The van der Waals surface area contributed by atoms with Gasteiger partial charge in [-0.05, 0) is 38.4 Å². The van der Waals surface area contributed by atoms with Crippen LogP contribution in [0, 0.1) is 5.92 Å². The number of amides is 2. The van der Waals surface area contributed by atoms with Gasteiger partial charge in [-0.15, -0.1) is 0 Å². The highest BCUT2D eigenvalue weighted by Gasteiger charge is 2.77. The molecule has 2 unspecified atom stereocenters. The lowest BCUT2D eigenvalue weighted by atomic mass is 9.56. The number of aromatic nitrogens is 1. The summed E-state index contributed by atoms with van der Waals surface area (Å²) in [4.78, 5) is 59.6. The van der Waals surface area contributed by atoms with Crippen LogP contribution in [0.15, 0.2) is 48.5 Å². The van der Waals surface area contributed by atoms with Crippen molar-refractivity contribution in [1.29, 1.82) is 0 Å². The number of hydrogen-bond donors (Lipinski definition) is 3. The molecule has 224 valence electrons. The molecule has 0 saturated carbocycles. The highest BCUT2D eigenvalue weighted by Crippen LogP contribution is 2.47.